The van der Waals surface area contributed by atoms with Crippen molar-refractivity contribution in [1.29, 1.82) is 0 Å². The van der Waals surface area contributed by atoms with Crippen LogP contribution in [0.3, 0.4) is 0 Å². The molecule has 1 fully saturated rings. The third-order valence-corrected chi connectivity index (χ3v) is 8.22. The zero-order valence-corrected chi connectivity index (χ0v) is 26.6. The molecule has 1 aliphatic heterocycles. The van der Waals surface area contributed by atoms with E-state index in [1.54, 1.807) is 12.1 Å². The van der Waals surface area contributed by atoms with E-state index in [-0.39, 0.29) is 25.6 Å². The maximum atomic E-state index is 15.5. The molecule has 44 heavy (non-hydrogen) atoms. The lowest BCUT2D eigenvalue weighted by molar-refractivity contribution is -0.293. The molecule has 240 valence electrons. The van der Waals surface area contributed by atoms with Crippen molar-refractivity contribution in [3.63, 3.8) is 0 Å². The number of ether oxygens (including phenoxy) is 4. The van der Waals surface area contributed by atoms with Gasteiger partial charge in [0.05, 0.1) is 31.8 Å². The first-order chi connectivity index (χ1) is 21.3. The zero-order valence-electron chi connectivity index (χ0n) is 26.6. The van der Waals surface area contributed by atoms with Crippen molar-refractivity contribution < 1.29 is 33.6 Å². The summed E-state index contributed by atoms with van der Waals surface area (Å²) in [6, 6.07) is 18.7. The van der Waals surface area contributed by atoms with E-state index in [2.05, 4.69) is 6.92 Å². The molecule has 0 aliphatic carbocycles. The Hall–Kier alpha value is -2.97. The number of unbranched alkanes of at least 4 members (excludes halogenated alkanes) is 5. The maximum Gasteiger partial charge on any atom is 0.162 e. The maximum absolute atomic E-state index is 15.5. The summed E-state index contributed by atoms with van der Waals surface area (Å²) >= 11 is 0. The van der Waals surface area contributed by atoms with Crippen LogP contribution in [-0.4, -0.2) is 55.6 Å². The molecule has 0 amide bonds. The number of rotatable bonds is 17. The number of hydrogen-bond acceptors (Lipinski definition) is 6. The van der Waals surface area contributed by atoms with Gasteiger partial charge < -0.3 is 29.2 Å². The van der Waals surface area contributed by atoms with Crippen LogP contribution >= 0.6 is 0 Å². The Balaban J connectivity index is 1.41. The van der Waals surface area contributed by atoms with Crippen LogP contribution in [0.1, 0.15) is 71.3 Å². The molecule has 7 heteroatoms. The average molecular weight is 609 g/mol. The molecular weight excluding hydrogens is 559 g/mol. The van der Waals surface area contributed by atoms with Crippen molar-refractivity contribution in [2.24, 2.45) is 5.41 Å². The van der Waals surface area contributed by atoms with Crippen molar-refractivity contribution in [2.75, 3.05) is 39.6 Å². The molecule has 0 saturated carbocycles. The summed E-state index contributed by atoms with van der Waals surface area (Å²) in [7, 11) is 0. The third kappa shape index (κ3) is 9.51. The molecule has 6 nitrogen and oxygen atoms in total. The summed E-state index contributed by atoms with van der Waals surface area (Å²) in [5.74, 6) is 0.452. The Morgan fingerprint density at radius 1 is 0.773 bits per heavy atom. The van der Waals surface area contributed by atoms with Gasteiger partial charge in [0.25, 0.3) is 0 Å². The molecule has 0 bridgehead atoms. The monoisotopic (exact) mass is 608 g/mol. The predicted molar refractivity (Wildman–Crippen MR) is 173 cm³/mol. The van der Waals surface area contributed by atoms with E-state index >= 15 is 4.39 Å². The normalized spacial score (nSPS) is 15.7. The average Bonchev–Trinajstić information content (AvgIpc) is 3.03. The Morgan fingerprint density at radius 3 is 2.14 bits per heavy atom. The fraction of sp³-hybridized carbons (Fsp3) is 0.514. The molecule has 0 radical (unpaired) electrons. The molecule has 0 spiro atoms. The Labute approximate surface area is 262 Å². The first-order valence-electron chi connectivity index (χ1n) is 16.1. The van der Waals surface area contributed by atoms with Crippen LogP contribution in [0, 0.1) is 11.2 Å². The summed E-state index contributed by atoms with van der Waals surface area (Å²) in [4.78, 5) is 0. The van der Waals surface area contributed by atoms with E-state index in [4.69, 9.17) is 18.9 Å². The zero-order chi connectivity index (χ0) is 31.4. The summed E-state index contributed by atoms with van der Waals surface area (Å²) in [5, 5.41) is 19.6. The minimum atomic E-state index is -0.697. The van der Waals surface area contributed by atoms with Gasteiger partial charge in [0.2, 0.25) is 0 Å². The molecule has 3 aromatic carbocycles. The van der Waals surface area contributed by atoms with E-state index in [0.29, 0.717) is 44.0 Å². The number of aliphatic hydroxyl groups is 2. The van der Waals surface area contributed by atoms with Gasteiger partial charge >= 0.3 is 0 Å². The van der Waals surface area contributed by atoms with Gasteiger partial charge in [0.1, 0.15) is 23.9 Å². The van der Waals surface area contributed by atoms with Crippen molar-refractivity contribution in [3.8, 4) is 33.8 Å². The molecule has 1 aliphatic rings. The highest BCUT2D eigenvalue weighted by atomic mass is 19.1. The van der Waals surface area contributed by atoms with Crippen molar-refractivity contribution in [1.82, 2.24) is 0 Å². The van der Waals surface area contributed by atoms with Crippen molar-refractivity contribution >= 4 is 0 Å². The fourth-order valence-corrected chi connectivity index (χ4v) is 5.29. The topological polar surface area (TPSA) is 77.4 Å². The Bertz CT molecular complexity index is 1300. The lowest BCUT2D eigenvalue weighted by atomic mass is 9.91. The van der Waals surface area contributed by atoms with Gasteiger partial charge in [-0.3, -0.25) is 0 Å². The molecule has 3 aromatic rings. The first kappa shape index (κ1) is 33.9. The summed E-state index contributed by atoms with van der Waals surface area (Å²) in [6.45, 7) is 7.35. The highest BCUT2D eigenvalue weighted by Crippen LogP contribution is 2.34. The molecular formula is C37H49FO6. The molecule has 0 atom stereocenters. The van der Waals surface area contributed by atoms with Gasteiger partial charge in [-0.2, -0.15) is 0 Å². The van der Waals surface area contributed by atoms with E-state index < -0.39 is 11.2 Å². The molecule has 0 unspecified atom stereocenters. The SMILES string of the molecule is CCCCCCCCOc1ccc(-c2ccc(-c3ccc(OCC4(CO)COC(C)(C)OC4)c(CCCO)c3)c(F)c2)cc1. The van der Waals surface area contributed by atoms with Crippen LogP contribution in [0.4, 0.5) is 4.39 Å². The second-order valence-corrected chi connectivity index (χ2v) is 12.4. The standard InChI is InChI=1S/C37H49FO6/c1-4-5-6-7-8-9-21-41-32-16-12-28(13-17-32)29-14-18-33(34(38)23-29)30-15-19-35(31(22-30)11-10-20-39)42-25-37(24-40)26-43-36(2,3)44-27-37/h12-19,22-23,39-40H,4-11,20-21,24-27H2,1-3H3. The van der Waals surface area contributed by atoms with Crippen LogP contribution in [0.5, 0.6) is 11.5 Å². The molecule has 1 heterocycles. The smallest absolute Gasteiger partial charge is 0.162 e. The van der Waals surface area contributed by atoms with Crippen molar-refractivity contribution in [2.45, 2.75) is 77.9 Å². The number of benzene rings is 3. The van der Waals surface area contributed by atoms with Crippen LogP contribution in [0.2, 0.25) is 0 Å². The van der Waals surface area contributed by atoms with E-state index in [0.717, 1.165) is 34.4 Å². The van der Waals surface area contributed by atoms with Crippen LogP contribution in [-0.2, 0) is 15.9 Å². The van der Waals surface area contributed by atoms with E-state index in [1.165, 1.54) is 32.1 Å². The second-order valence-electron chi connectivity index (χ2n) is 12.4. The molecule has 0 aromatic heterocycles. The number of halogens is 1. The minimum Gasteiger partial charge on any atom is -0.494 e. The van der Waals surface area contributed by atoms with Gasteiger partial charge in [-0.05, 0) is 85.7 Å². The van der Waals surface area contributed by atoms with Crippen LogP contribution in [0.25, 0.3) is 22.3 Å². The lowest BCUT2D eigenvalue weighted by Crippen LogP contribution is -2.51. The molecule has 1 saturated heterocycles. The fourth-order valence-electron chi connectivity index (χ4n) is 5.29. The van der Waals surface area contributed by atoms with Gasteiger partial charge in [-0.25, -0.2) is 4.39 Å². The van der Waals surface area contributed by atoms with Crippen molar-refractivity contribution in [3.05, 3.63) is 72.0 Å². The Morgan fingerprint density at radius 2 is 1.45 bits per heavy atom. The number of aliphatic hydroxyl groups excluding tert-OH is 2. The highest BCUT2D eigenvalue weighted by Gasteiger charge is 2.40. The van der Waals surface area contributed by atoms with E-state index in [9.17, 15) is 10.2 Å². The highest BCUT2D eigenvalue weighted by molar-refractivity contribution is 5.72. The molecule has 4 rings (SSSR count). The number of hydrogen-bond donors (Lipinski definition) is 2. The second kappa shape index (κ2) is 16.4. The minimum absolute atomic E-state index is 0.0347. The lowest BCUT2D eigenvalue weighted by Gasteiger charge is -2.42. The summed E-state index contributed by atoms with van der Waals surface area (Å²) < 4.78 is 39.2. The van der Waals surface area contributed by atoms with Crippen LogP contribution < -0.4 is 9.47 Å². The molecule has 2 N–H and O–H groups in total. The van der Waals surface area contributed by atoms with Gasteiger partial charge in [-0.15, -0.1) is 0 Å². The van der Waals surface area contributed by atoms with Crippen LogP contribution in [0.15, 0.2) is 60.7 Å². The van der Waals surface area contributed by atoms with Gasteiger partial charge in [0, 0.05) is 12.2 Å². The number of aryl methyl sites for hydroxylation is 1. The summed E-state index contributed by atoms with van der Waals surface area (Å²) in [6.07, 6.45) is 8.47. The summed E-state index contributed by atoms with van der Waals surface area (Å²) in [5.41, 5.74) is 3.13. The quantitative estimate of drug-likeness (QED) is 0.151. The Kier molecular flexibility index (Phi) is 12.6. The third-order valence-electron chi connectivity index (χ3n) is 8.22. The van der Waals surface area contributed by atoms with E-state index in [1.807, 2.05) is 62.4 Å². The van der Waals surface area contributed by atoms with Gasteiger partial charge in [-0.1, -0.05) is 69.4 Å². The first-order valence-corrected chi connectivity index (χ1v) is 16.1. The predicted octanol–water partition coefficient (Wildman–Crippen LogP) is 7.96. The van der Waals surface area contributed by atoms with Gasteiger partial charge in [0.15, 0.2) is 5.79 Å². The largest absolute Gasteiger partial charge is 0.494 e.